The zero-order chi connectivity index (χ0) is 13.0. The SMILES string of the molecule is O=C1CNC(C(=O)NCCC(=O)NC2CC2)CN1. The molecule has 7 heteroatoms. The van der Waals surface area contributed by atoms with Crippen LogP contribution in [0.3, 0.4) is 0 Å². The van der Waals surface area contributed by atoms with E-state index in [1.165, 1.54) is 0 Å². The van der Waals surface area contributed by atoms with Crippen molar-refractivity contribution in [2.24, 2.45) is 0 Å². The van der Waals surface area contributed by atoms with Crippen molar-refractivity contribution < 1.29 is 14.4 Å². The average molecular weight is 254 g/mol. The van der Waals surface area contributed by atoms with E-state index in [2.05, 4.69) is 21.3 Å². The molecular weight excluding hydrogens is 236 g/mol. The van der Waals surface area contributed by atoms with Crippen LogP contribution >= 0.6 is 0 Å². The van der Waals surface area contributed by atoms with Gasteiger partial charge in [-0.2, -0.15) is 0 Å². The molecule has 0 bridgehead atoms. The summed E-state index contributed by atoms with van der Waals surface area (Å²) in [6.07, 6.45) is 2.41. The molecule has 0 radical (unpaired) electrons. The van der Waals surface area contributed by atoms with E-state index in [1.54, 1.807) is 0 Å². The van der Waals surface area contributed by atoms with Crippen molar-refractivity contribution in [1.29, 1.82) is 0 Å². The minimum Gasteiger partial charge on any atom is -0.354 e. The van der Waals surface area contributed by atoms with Crippen molar-refractivity contribution in [3.63, 3.8) is 0 Å². The molecule has 2 aliphatic rings. The molecule has 1 saturated carbocycles. The predicted molar refractivity (Wildman–Crippen MR) is 63.6 cm³/mol. The van der Waals surface area contributed by atoms with Gasteiger partial charge in [0.05, 0.1) is 6.54 Å². The van der Waals surface area contributed by atoms with Crippen LogP contribution in [0.5, 0.6) is 0 Å². The van der Waals surface area contributed by atoms with Crippen LogP contribution in [0.2, 0.25) is 0 Å². The van der Waals surface area contributed by atoms with Gasteiger partial charge in [0, 0.05) is 25.6 Å². The Labute approximate surface area is 105 Å². The number of carbonyl (C=O) groups is 3. The summed E-state index contributed by atoms with van der Waals surface area (Å²) in [5.41, 5.74) is 0. The zero-order valence-electron chi connectivity index (χ0n) is 10.1. The summed E-state index contributed by atoms with van der Waals surface area (Å²) in [7, 11) is 0. The molecule has 7 nitrogen and oxygen atoms in total. The average Bonchev–Trinajstić information content (AvgIpc) is 3.13. The maximum absolute atomic E-state index is 11.7. The van der Waals surface area contributed by atoms with Gasteiger partial charge < -0.3 is 16.0 Å². The molecule has 1 heterocycles. The van der Waals surface area contributed by atoms with Gasteiger partial charge in [-0.25, -0.2) is 0 Å². The molecule has 0 aromatic rings. The summed E-state index contributed by atoms with van der Waals surface area (Å²) in [5, 5.41) is 11.0. The minimum absolute atomic E-state index is 0.0253. The van der Waals surface area contributed by atoms with Crippen LogP contribution in [0.15, 0.2) is 0 Å². The van der Waals surface area contributed by atoms with Crippen LogP contribution in [-0.2, 0) is 14.4 Å². The fourth-order valence-corrected chi connectivity index (χ4v) is 1.70. The van der Waals surface area contributed by atoms with Gasteiger partial charge in [0.15, 0.2) is 0 Å². The van der Waals surface area contributed by atoms with Gasteiger partial charge in [0.2, 0.25) is 17.7 Å². The summed E-state index contributed by atoms with van der Waals surface area (Å²) in [5.74, 6) is -0.320. The van der Waals surface area contributed by atoms with Gasteiger partial charge in [-0.05, 0) is 12.8 Å². The first kappa shape index (κ1) is 12.8. The van der Waals surface area contributed by atoms with E-state index < -0.39 is 6.04 Å². The van der Waals surface area contributed by atoms with Gasteiger partial charge in [0.25, 0.3) is 0 Å². The molecule has 0 aromatic carbocycles. The van der Waals surface area contributed by atoms with Gasteiger partial charge >= 0.3 is 0 Å². The smallest absolute Gasteiger partial charge is 0.238 e. The number of hydrogen-bond acceptors (Lipinski definition) is 4. The van der Waals surface area contributed by atoms with Gasteiger partial charge in [0.1, 0.15) is 6.04 Å². The minimum atomic E-state index is -0.408. The number of rotatable bonds is 5. The lowest BCUT2D eigenvalue weighted by Gasteiger charge is -2.23. The number of piperazine rings is 1. The first-order valence-electron chi connectivity index (χ1n) is 6.22. The second kappa shape index (κ2) is 5.81. The highest BCUT2D eigenvalue weighted by Gasteiger charge is 2.24. The molecule has 1 atom stereocenters. The second-order valence-electron chi connectivity index (χ2n) is 4.62. The number of amides is 3. The fourth-order valence-electron chi connectivity index (χ4n) is 1.70. The zero-order valence-corrected chi connectivity index (χ0v) is 10.1. The maximum Gasteiger partial charge on any atom is 0.238 e. The predicted octanol–water partition coefficient (Wildman–Crippen LogP) is -2.14. The Balaban J connectivity index is 1.59. The third-order valence-corrected chi connectivity index (χ3v) is 2.92. The van der Waals surface area contributed by atoms with E-state index in [9.17, 15) is 14.4 Å². The van der Waals surface area contributed by atoms with E-state index in [0.29, 0.717) is 25.6 Å². The molecule has 1 aliphatic heterocycles. The lowest BCUT2D eigenvalue weighted by molar-refractivity contribution is -0.126. The molecule has 3 amide bonds. The van der Waals surface area contributed by atoms with Crippen molar-refractivity contribution in [1.82, 2.24) is 21.3 Å². The topological polar surface area (TPSA) is 99.3 Å². The third kappa shape index (κ3) is 3.99. The summed E-state index contributed by atoms with van der Waals surface area (Å²) in [6, 6.07) is -0.0578. The van der Waals surface area contributed by atoms with Crippen LogP contribution in [0.25, 0.3) is 0 Å². The monoisotopic (exact) mass is 254 g/mol. The Kier molecular flexibility index (Phi) is 4.14. The Morgan fingerprint density at radius 3 is 2.72 bits per heavy atom. The first-order valence-corrected chi connectivity index (χ1v) is 6.22. The molecule has 0 spiro atoms. The maximum atomic E-state index is 11.7. The van der Waals surface area contributed by atoms with Crippen molar-refractivity contribution in [3.8, 4) is 0 Å². The molecule has 100 valence electrons. The van der Waals surface area contributed by atoms with Crippen LogP contribution < -0.4 is 21.3 Å². The molecule has 1 saturated heterocycles. The largest absolute Gasteiger partial charge is 0.354 e. The van der Waals surface area contributed by atoms with Crippen LogP contribution in [0.1, 0.15) is 19.3 Å². The Hall–Kier alpha value is -1.63. The van der Waals surface area contributed by atoms with Gasteiger partial charge in [-0.1, -0.05) is 0 Å². The quantitative estimate of drug-likeness (QED) is 0.450. The molecule has 1 unspecified atom stereocenters. The highest BCUT2D eigenvalue weighted by molar-refractivity contribution is 5.87. The molecule has 2 rings (SSSR count). The standard InChI is InChI=1S/C11H18N4O3/c16-9(15-7-1-2-7)3-4-12-11(18)8-5-14-10(17)6-13-8/h7-8,13H,1-6H2,(H,12,18)(H,14,17)(H,15,16). The van der Waals surface area contributed by atoms with E-state index in [0.717, 1.165) is 12.8 Å². The van der Waals surface area contributed by atoms with E-state index >= 15 is 0 Å². The van der Waals surface area contributed by atoms with E-state index in [-0.39, 0.29) is 24.3 Å². The Bertz CT molecular complexity index is 344. The van der Waals surface area contributed by atoms with E-state index in [4.69, 9.17) is 0 Å². The molecule has 0 aromatic heterocycles. The molecular formula is C11H18N4O3. The molecule has 4 N–H and O–H groups in total. The van der Waals surface area contributed by atoms with Crippen molar-refractivity contribution in [2.45, 2.75) is 31.3 Å². The molecule has 1 aliphatic carbocycles. The number of hydrogen-bond donors (Lipinski definition) is 4. The summed E-state index contributed by atoms with van der Waals surface area (Å²) in [6.45, 7) is 0.767. The second-order valence-corrected chi connectivity index (χ2v) is 4.62. The lowest BCUT2D eigenvalue weighted by atomic mass is 10.2. The van der Waals surface area contributed by atoms with Crippen LogP contribution in [-0.4, -0.2) is 49.4 Å². The number of carbonyl (C=O) groups excluding carboxylic acids is 3. The van der Waals surface area contributed by atoms with Crippen molar-refractivity contribution >= 4 is 17.7 Å². The lowest BCUT2D eigenvalue weighted by Crippen LogP contribution is -2.58. The third-order valence-electron chi connectivity index (χ3n) is 2.92. The Morgan fingerprint density at radius 1 is 1.33 bits per heavy atom. The normalized spacial score (nSPS) is 23.1. The summed E-state index contributed by atoms with van der Waals surface area (Å²) < 4.78 is 0. The fraction of sp³-hybridized carbons (Fsp3) is 0.727. The van der Waals surface area contributed by atoms with Crippen molar-refractivity contribution in [3.05, 3.63) is 0 Å². The van der Waals surface area contributed by atoms with Crippen LogP contribution in [0, 0.1) is 0 Å². The van der Waals surface area contributed by atoms with Gasteiger partial charge in [-0.15, -0.1) is 0 Å². The highest BCUT2D eigenvalue weighted by atomic mass is 16.2. The molecule has 18 heavy (non-hydrogen) atoms. The first-order chi connectivity index (χ1) is 8.65. The van der Waals surface area contributed by atoms with Gasteiger partial charge in [-0.3, -0.25) is 19.7 Å². The van der Waals surface area contributed by atoms with Crippen molar-refractivity contribution in [2.75, 3.05) is 19.6 Å². The molecule has 2 fully saturated rings. The van der Waals surface area contributed by atoms with E-state index in [1.807, 2.05) is 0 Å². The van der Waals surface area contributed by atoms with Crippen LogP contribution in [0.4, 0.5) is 0 Å². The summed E-state index contributed by atoms with van der Waals surface area (Å²) in [4.78, 5) is 33.9. The number of nitrogens with one attached hydrogen (secondary N) is 4. The Morgan fingerprint density at radius 2 is 2.11 bits per heavy atom. The summed E-state index contributed by atoms with van der Waals surface area (Å²) >= 11 is 0. The highest BCUT2D eigenvalue weighted by Crippen LogP contribution is 2.18.